The molecule has 6 heteroatoms. The summed E-state index contributed by atoms with van der Waals surface area (Å²) in [5.41, 5.74) is 1.51. The van der Waals surface area contributed by atoms with Gasteiger partial charge in [-0.2, -0.15) is 0 Å². The average Bonchev–Trinajstić information content (AvgIpc) is 3.25. The number of amides is 2. The molecule has 0 aromatic heterocycles. The fraction of sp³-hybridized carbons (Fsp3) is 0.400. The minimum atomic E-state index is -0.0176. The van der Waals surface area contributed by atoms with Crippen LogP contribution in [-0.4, -0.2) is 16.9 Å². The largest absolute Gasteiger partial charge is 0.332 e. The van der Waals surface area contributed by atoms with Crippen molar-refractivity contribution in [3.63, 3.8) is 0 Å². The SMILES string of the molecule is CCCC(=O)Nc1ccc(NC(=S)NC(=O)C2CC2)cc1. The zero-order chi connectivity index (χ0) is 15.2. The fourth-order valence-corrected chi connectivity index (χ4v) is 2.03. The quantitative estimate of drug-likeness (QED) is 0.731. The van der Waals surface area contributed by atoms with E-state index in [9.17, 15) is 9.59 Å². The van der Waals surface area contributed by atoms with Crippen molar-refractivity contribution in [1.29, 1.82) is 0 Å². The maximum atomic E-state index is 11.6. The van der Waals surface area contributed by atoms with E-state index in [1.165, 1.54) is 0 Å². The molecular weight excluding hydrogens is 286 g/mol. The molecule has 5 nitrogen and oxygen atoms in total. The van der Waals surface area contributed by atoms with E-state index >= 15 is 0 Å². The summed E-state index contributed by atoms with van der Waals surface area (Å²) < 4.78 is 0. The summed E-state index contributed by atoms with van der Waals surface area (Å²) in [5, 5.41) is 8.72. The minimum absolute atomic E-state index is 0.00502. The van der Waals surface area contributed by atoms with Gasteiger partial charge >= 0.3 is 0 Å². The Morgan fingerprint density at radius 1 is 1.14 bits per heavy atom. The van der Waals surface area contributed by atoms with E-state index in [-0.39, 0.29) is 17.7 Å². The molecule has 1 aliphatic rings. The molecule has 0 radical (unpaired) electrons. The number of hydrogen-bond acceptors (Lipinski definition) is 3. The van der Waals surface area contributed by atoms with E-state index < -0.39 is 0 Å². The highest BCUT2D eigenvalue weighted by molar-refractivity contribution is 7.80. The van der Waals surface area contributed by atoms with Crippen LogP contribution in [0.1, 0.15) is 32.6 Å². The summed E-state index contributed by atoms with van der Waals surface area (Å²) in [7, 11) is 0. The Kier molecular flexibility index (Phi) is 5.27. The molecule has 1 fully saturated rings. The lowest BCUT2D eigenvalue weighted by Crippen LogP contribution is -2.35. The highest BCUT2D eigenvalue weighted by atomic mass is 32.1. The van der Waals surface area contributed by atoms with Crippen LogP contribution in [-0.2, 0) is 9.59 Å². The molecule has 0 atom stereocenters. The van der Waals surface area contributed by atoms with Crippen LogP contribution in [0.2, 0.25) is 0 Å². The van der Waals surface area contributed by atoms with Crippen LogP contribution in [0.4, 0.5) is 11.4 Å². The summed E-state index contributed by atoms with van der Waals surface area (Å²) in [4.78, 5) is 23.0. The first-order valence-corrected chi connectivity index (χ1v) is 7.51. The highest BCUT2D eigenvalue weighted by Crippen LogP contribution is 2.28. The van der Waals surface area contributed by atoms with Crippen LogP contribution in [0, 0.1) is 5.92 Å². The molecule has 0 heterocycles. The minimum Gasteiger partial charge on any atom is -0.332 e. The maximum absolute atomic E-state index is 11.6. The van der Waals surface area contributed by atoms with E-state index in [1.54, 1.807) is 24.3 Å². The predicted molar refractivity (Wildman–Crippen MR) is 87.1 cm³/mol. The fourth-order valence-electron chi connectivity index (χ4n) is 1.81. The van der Waals surface area contributed by atoms with Crippen molar-refractivity contribution >= 4 is 40.5 Å². The Morgan fingerprint density at radius 2 is 1.71 bits per heavy atom. The van der Waals surface area contributed by atoms with Crippen molar-refractivity contribution < 1.29 is 9.59 Å². The number of anilines is 2. The lowest BCUT2D eigenvalue weighted by Gasteiger charge is -2.10. The first-order valence-electron chi connectivity index (χ1n) is 7.10. The van der Waals surface area contributed by atoms with Crippen LogP contribution in [0.5, 0.6) is 0 Å². The number of nitrogens with one attached hydrogen (secondary N) is 3. The van der Waals surface area contributed by atoms with Crippen molar-refractivity contribution in [2.45, 2.75) is 32.6 Å². The molecule has 0 bridgehead atoms. The molecule has 2 amide bonds. The van der Waals surface area contributed by atoms with Gasteiger partial charge < -0.3 is 16.0 Å². The van der Waals surface area contributed by atoms with E-state index in [0.29, 0.717) is 11.5 Å². The number of rotatable bonds is 5. The molecule has 1 aromatic rings. The molecule has 2 rings (SSSR count). The van der Waals surface area contributed by atoms with Gasteiger partial charge in [0, 0.05) is 23.7 Å². The van der Waals surface area contributed by atoms with Crippen LogP contribution >= 0.6 is 12.2 Å². The Morgan fingerprint density at radius 3 is 2.24 bits per heavy atom. The van der Waals surface area contributed by atoms with Crippen LogP contribution in [0.3, 0.4) is 0 Å². The van der Waals surface area contributed by atoms with E-state index in [4.69, 9.17) is 12.2 Å². The second-order valence-electron chi connectivity index (χ2n) is 5.09. The van der Waals surface area contributed by atoms with Gasteiger partial charge in [-0.3, -0.25) is 9.59 Å². The van der Waals surface area contributed by atoms with Gasteiger partial charge in [0.05, 0.1) is 0 Å². The third kappa shape index (κ3) is 5.15. The summed E-state index contributed by atoms with van der Waals surface area (Å²) in [6, 6.07) is 7.19. The molecule has 1 aliphatic carbocycles. The van der Waals surface area contributed by atoms with Gasteiger partial charge in [-0.25, -0.2) is 0 Å². The first-order chi connectivity index (χ1) is 10.1. The summed E-state index contributed by atoms with van der Waals surface area (Å²) in [6.07, 6.45) is 3.22. The van der Waals surface area contributed by atoms with Gasteiger partial charge in [0.25, 0.3) is 0 Å². The summed E-state index contributed by atoms with van der Waals surface area (Å²) in [5.74, 6) is 0.113. The molecular formula is C15H19N3O2S. The van der Waals surface area contributed by atoms with Crippen LogP contribution in [0.25, 0.3) is 0 Å². The smallest absolute Gasteiger partial charge is 0.229 e. The van der Waals surface area contributed by atoms with Gasteiger partial charge in [0.1, 0.15) is 0 Å². The topological polar surface area (TPSA) is 70.2 Å². The molecule has 0 unspecified atom stereocenters. The Hall–Kier alpha value is -1.95. The lowest BCUT2D eigenvalue weighted by atomic mass is 10.2. The lowest BCUT2D eigenvalue weighted by molar-refractivity contribution is -0.120. The first kappa shape index (κ1) is 15.4. The van der Waals surface area contributed by atoms with Gasteiger partial charge in [-0.15, -0.1) is 0 Å². The summed E-state index contributed by atoms with van der Waals surface area (Å²) in [6.45, 7) is 1.96. The zero-order valence-corrected chi connectivity index (χ0v) is 12.8. The van der Waals surface area contributed by atoms with Crippen molar-refractivity contribution in [2.24, 2.45) is 5.92 Å². The zero-order valence-electron chi connectivity index (χ0n) is 11.9. The number of thiocarbonyl (C=S) groups is 1. The van der Waals surface area contributed by atoms with Gasteiger partial charge in [-0.05, 0) is 55.7 Å². The van der Waals surface area contributed by atoms with E-state index in [0.717, 1.165) is 30.6 Å². The third-order valence-electron chi connectivity index (χ3n) is 3.09. The molecule has 112 valence electrons. The molecule has 0 aliphatic heterocycles. The molecule has 3 N–H and O–H groups in total. The predicted octanol–water partition coefficient (Wildman–Crippen LogP) is 2.65. The Balaban J connectivity index is 1.82. The van der Waals surface area contributed by atoms with Crippen molar-refractivity contribution in [1.82, 2.24) is 5.32 Å². The van der Waals surface area contributed by atoms with Gasteiger partial charge in [-0.1, -0.05) is 6.92 Å². The third-order valence-corrected chi connectivity index (χ3v) is 3.29. The second kappa shape index (κ2) is 7.17. The van der Waals surface area contributed by atoms with Crippen molar-refractivity contribution in [3.8, 4) is 0 Å². The van der Waals surface area contributed by atoms with Crippen molar-refractivity contribution in [2.75, 3.05) is 10.6 Å². The Bertz CT molecular complexity index is 538. The maximum Gasteiger partial charge on any atom is 0.229 e. The van der Waals surface area contributed by atoms with Gasteiger partial charge in [0.2, 0.25) is 11.8 Å². The highest BCUT2D eigenvalue weighted by Gasteiger charge is 2.29. The number of carbonyl (C=O) groups is 2. The summed E-state index contributed by atoms with van der Waals surface area (Å²) >= 11 is 5.08. The molecule has 1 saturated carbocycles. The van der Waals surface area contributed by atoms with Gasteiger partial charge in [0.15, 0.2) is 5.11 Å². The molecule has 1 aromatic carbocycles. The van der Waals surface area contributed by atoms with E-state index in [1.807, 2.05) is 6.92 Å². The van der Waals surface area contributed by atoms with Crippen LogP contribution in [0.15, 0.2) is 24.3 Å². The standard InChI is InChI=1S/C15H19N3O2S/c1-2-3-13(19)16-11-6-8-12(9-7-11)17-15(21)18-14(20)10-4-5-10/h6-10H,2-5H2,1H3,(H,16,19)(H2,17,18,20,21). The second-order valence-corrected chi connectivity index (χ2v) is 5.50. The van der Waals surface area contributed by atoms with Crippen LogP contribution < -0.4 is 16.0 Å². The number of carbonyl (C=O) groups excluding carboxylic acids is 2. The Labute approximate surface area is 129 Å². The number of benzene rings is 1. The average molecular weight is 305 g/mol. The molecule has 0 spiro atoms. The normalized spacial score (nSPS) is 13.4. The number of hydrogen-bond donors (Lipinski definition) is 3. The monoisotopic (exact) mass is 305 g/mol. The molecule has 21 heavy (non-hydrogen) atoms. The van der Waals surface area contributed by atoms with E-state index in [2.05, 4.69) is 16.0 Å². The molecule has 0 saturated heterocycles. The van der Waals surface area contributed by atoms with Crippen molar-refractivity contribution in [3.05, 3.63) is 24.3 Å².